The third-order valence-corrected chi connectivity index (χ3v) is 10.7. The van der Waals surface area contributed by atoms with Gasteiger partial charge in [-0.3, -0.25) is 4.57 Å². The van der Waals surface area contributed by atoms with Crippen LogP contribution in [0.25, 0.3) is 40.4 Å². The van der Waals surface area contributed by atoms with Gasteiger partial charge in [-0.05, 0) is 104 Å². The van der Waals surface area contributed by atoms with Crippen molar-refractivity contribution in [3.63, 3.8) is 0 Å². The summed E-state index contributed by atoms with van der Waals surface area (Å²) in [7, 11) is 2.22. The van der Waals surface area contributed by atoms with Crippen LogP contribution in [-0.2, 0) is 19.3 Å². The van der Waals surface area contributed by atoms with E-state index in [1.165, 1.54) is 33.9 Å². The third-order valence-electron chi connectivity index (χ3n) is 10.7. The summed E-state index contributed by atoms with van der Waals surface area (Å²) in [6.45, 7) is 2.03. The minimum absolute atomic E-state index is 0.0735. The normalized spacial score (nSPS) is 15.3. The molecule has 5 aromatic carbocycles. The third kappa shape index (κ3) is 6.61. The molecule has 0 amide bonds. The number of rotatable bonds is 10. The van der Waals surface area contributed by atoms with Gasteiger partial charge < -0.3 is 14.4 Å². The van der Waals surface area contributed by atoms with Crippen LogP contribution in [0.2, 0.25) is 0 Å². The quantitative estimate of drug-likeness (QED) is 0.132. The van der Waals surface area contributed by atoms with E-state index in [1.807, 2.05) is 19.1 Å². The van der Waals surface area contributed by atoms with Gasteiger partial charge in [0.05, 0.1) is 33.8 Å². The van der Waals surface area contributed by atoms with E-state index >= 15 is 0 Å². The van der Waals surface area contributed by atoms with Crippen molar-refractivity contribution in [3.05, 3.63) is 192 Å². The molecule has 3 heterocycles. The number of anilines is 3. The molecule has 1 aliphatic carbocycles. The second-order valence-electron chi connectivity index (χ2n) is 14.2. The summed E-state index contributed by atoms with van der Waals surface area (Å²) in [5.41, 5.74) is 12.7. The Morgan fingerprint density at radius 3 is 2.24 bits per heavy atom. The standard InChI is InChI=1S/C49H44N6/c1-3-4-5-6-19-30-53-43-26-15-13-24-41(43)51-49(53)38-32-36(34-47-50-42-25-14-16-27-44(42)54(47)39-20-9-7-10-21-39)31-37(33-38)35-48-52(2)45-28-17-18-29-46(45)55(48)40-22-11-8-12-23-40/h3-14,16-25,27-33,48H,15,26,34-35H2,1-2H3/b4-3-,6-5-,30-19+. The van der Waals surface area contributed by atoms with E-state index < -0.39 is 0 Å². The van der Waals surface area contributed by atoms with E-state index in [0.29, 0.717) is 6.42 Å². The van der Waals surface area contributed by atoms with Crippen LogP contribution < -0.4 is 9.80 Å². The number of hydrogen-bond donors (Lipinski definition) is 0. The van der Waals surface area contributed by atoms with Crippen LogP contribution >= 0.6 is 0 Å². The first kappa shape index (κ1) is 34.1. The topological polar surface area (TPSA) is 42.1 Å². The van der Waals surface area contributed by atoms with Crippen molar-refractivity contribution in [3.8, 4) is 17.1 Å². The van der Waals surface area contributed by atoms with E-state index in [-0.39, 0.29) is 6.17 Å². The first-order valence-electron chi connectivity index (χ1n) is 19.2. The molecule has 7 aromatic rings. The van der Waals surface area contributed by atoms with Crippen LogP contribution in [0, 0.1) is 0 Å². The first-order chi connectivity index (χ1) is 27.2. The molecule has 0 spiro atoms. The van der Waals surface area contributed by atoms with Crippen LogP contribution in [0.15, 0.2) is 164 Å². The van der Waals surface area contributed by atoms with Gasteiger partial charge in [0.2, 0.25) is 0 Å². The van der Waals surface area contributed by atoms with Crippen LogP contribution in [0.4, 0.5) is 17.1 Å². The zero-order valence-electron chi connectivity index (χ0n) is 31.3. The highest BCUT2D eigenvalue weighted by atomic mass is 15.4. The highest BCUT2D eigenvalue weighted by Gasteiger charge is 2.34. The van der Waals surface area contributed by atoms with Crippen molar-refractivity contribution in [1.82, 2.24) is 19.1 Å². The summed E-state index contributed by atoms with van der Waals surface area (Å²) < 4.78 is 4.61. The number of likely N-dealkylation sites (N-methyl/N-ethyl adjacent to an activating group) is 1. The number of allylic oxidation sites excluding steroid dienone is 6. The van der Waals surface area contributed by atoms with Gasteiger partial charge in [0.15, 0.2) is 0 Å². The molecule has 1 aliphatic heterocycles. The molecule has 0 N–H and O–H groups in total. The average Bonchev–Trinajstić information content (AvgIpc) is 3.87. The maximum Gasteiger partial charge on any atom is 0.144 e. The highest BCUT2D eigenvalue weighted by molar-refractivity contribution is 5.84. The molecular formula is C49H44N6. The second-order valence-corrected chi connectivity index (χ2v) is 14.2. The van der Waals surface area contributed by atoms with Crippen molar-refractivity contribution in [2.75, 3.05) is 16.8 Å². The van der Waals surface area contributed by atoms with E-state index in [1.54, 1.807) is 0 Å². The molecule has 1 unspecified atom stereocenters. The van der Waals surface area contributed by atoms with Crippen molar-refractivity contribution in [1.29, 1.82) is 0 Å². The Kier molecular flexibility index (Phi) is 9.30. The Morgan fingerprint density at radius 2 is 1.42 bits per heavy atom. The Labute approximate surface area is 323 Å². The minimum atomic E-state index is 0.0735. The molecule has 6 nitrogen and oxygen atoms in total. The largest absolute Gasteiger partial charge is 0.352 e. The predicted molar refractivity (Wildman–Crippen MR) is 229 cm³/mol. The lowest BCUT2D eigenvalue weighted by Crippen LogP contribution is -2.40. The second kappa shape index (κ2) is 15.0. The molecule has 0 bridgehead atoms. The number of fused-ring (bicyclic) bond motifs is 3. The molecule has 6 heteroatoms. The van der Waals surface area contributed by atoms with E-state index in [4.69, 9.17) is 9.97 Å². The molecule has 2 aliphatic rings. The van der Waals surface area contributed by atoms with Gasteiger partial charge in [-0.2, -0.15) is 0 Å². The van der Waals surface area contributed by atoms with Gasteiger partial charge in [-0.1, -0.05) is 97.1 Å². The maximum atomic E-state index is 5.31. The van der Waals surface area contributed by atoms with Crippen molar-refractivity contribution >= 4 is 40.4 Å². The van der Waals surface area contributed by atoms with E-state index in [0.717, 1.165) is 58.9 Å². The van der Waals surface area contributed by atoms with Gasteiger partial charge >= 0.3 is 0 Å². The average molecular weight is 717 g/mol. The molecule has 2 aromatic heterocycles. The Morgan fingerprint density at radius 1 is 0.709 bits per heavy atom. The van der Waals surface area contributed by atoms with Gasteiger partial charge in [0.25, 0.3) is 0 Å². The maximum absolute atomic E-state index is 5.31. The molecule has 270 valence electrons. The Bertz CT molecular complexity index is 2590. The Hall–Kier alpha value is -6.66. The smallest absolute Gasteiger partial charge is 0.144 e. The molecule has 1 atom stereocenters. The fraction of sp³-hybridized carbons (Fsp3) is 0.143. The number of hydrogen-bond acceptors (Lipinski definition) is 4. The number of aromatic nitrogens is 4. The summed E-state index contributed by atoms with van der Waals surface area (Å²) in [6.07, 6.45) is 20.4. The van der Waals surface area contributed by atoms with Crippen molar-refractivity contribution < 1.29 is 0 Å². The van der Waals surface area contributed by atoms with E-state index in [2.05, 4.69) is 190 Å². The number of nitrogens with zero attached hydrogens (tertiary/aromatic N) is 6. The fourth-order valence-corrected chi connectivity index (χ4v) is 8.17. The zero-order chi connectivity index (χ0) is 37.1. The molecule has 0 saturated heterocycles. The van der Waals surface area contributed by atoms with Crippen LogP contribution in [-0.4, -0.2) is 32.3 Å². The molecule has 55 heavy (non-hydrogen) atoms. The molecule has 0 fully saturated rings. The summed E-state index contributed by atoms with van der Waals surface area (Å²) in [4.78, 5) is 15.5. The van der Waals surface area contributed by atoms with Crippen molar-refractivity contribution in [2.45, 2.75) is 38.8 Å². The number of para-hydroxylation sites is 6. The summed E-state index contributed by atoms with van der Waals surface area (Å²) in [6, 6.07) is 45.6. The van der Waals surface area contributed by atoms with E-state index in [9.17, 15) is 0 Å². The van der Waals surface area contributed by atoms with Gasteiger partial charge in [0.1, 0.15) is 17.8 Å². The van der Waals surface area contributed by atoms with Crippen molar-refractivity contribution in [2.24, 2.45) is 0 Å². The SMILES string of the molecule is C\C=C/C=C\C=C\n1c(-c2cc(Cc3nc4ccccc4n3-c3ccccc3)cc(CC3N(C)c4ccccc4N3c3ccccc3)c2)nc2c1CCC=C2. The first-order valence-corrected chi connectivity index (χ1v) is 19.2. The molecular weight excluding hydrogens is 673 g/mol. The lowest BCUT2D eigenvalue weighted by atomic mass is 9.99. The lowest BCUT2D eigenvalue weighted by Gasteiger charge is -2.31. The Balaban J connectivity index is 1.19. The monoisotopic (exact) mass is 716 g/mol. The minimum Gasteiger partial charge on any atom is -0.352 e. The zero-order valence-corrected chi connectivity index (χ0v) is 31.3. The summed E-state index contributed by atoms with van der Waals surface area (Å²) in [5, 5.41) is 0. The molecule has 9 rings (SSSR count). The highest BCUT2D eigenvalue weighted by Crippen LogP contribution is 2.44. The fourth-order valence-electron chi connectivity index (χ4n) is 8.17. The number of imidazole rings is 2. The summed E-state index contributed by atoms with van der Waals surface area (Å²) in [5.74, 6) is 1.96. The predicted octanol–water partition coefficient (Wildman–Crippen LogP) is 11.2. The summed E-state index contributed by atoms with van der Waals surface area (Å²) >= 11 is 0. The number of benzene rings is 5. The van der Waals surface area contributed by atoms with Gasteiger partial charge in [-0.25, -0.2) is 9.97 Å². The molecule has 0 saturated carbocycles. The van der Waals surface area contributed by atoms with Gasteiger partial charge in [0, 0.05) is 43.0 Å². The van der Waals surface area contributed by atoms with Crippen LogP contribution in [0.1, 0.15) is 41.7 Å². The lowest BCUT2D eigenvalue weighted by molar-refractivity contribution is 0.664. The van der Waals surface area contributed by atoms with Gasteiger partial charge in [-0.15, -0.1) is 0 Å². The molecule has 0 radical (unpaired) electrons. The van der Waals surface area contributed by atoms with Crippen LogP contribution in [0.3, 0.4) is 0 Å². The van der Waals surface area contributed by atoms with Crippen LogP contribution in [0.5, 0.6) is 0 Å².